The molecule has 0 fully saturated rings. The normalized spacial score (nSPS) is 14.1. The van der Waals surface area contributed by atoms with Crippen LogP contribution >= 0.6 is 0 Å². The minimum absolute atomic E-state index is 0.112. The lowest BCUT2D eigenvalue weighted by Crippen LogP contribution is -2.09. The number of halogens is 2. The van der Waals surface area contributed by atoms with Gasteiger partial charge in [0, 0.05) is 0 Å². The maximum atomic E-state index is 12.4. The highest BCUT2D eigenvalue weighted by molar-refractivity contribution is 5.14. The summed E-state index contributed by atoms with van der Waals surface area (Å²) < 4.78 is 24.9. The Kier molecular flexibility index (Phi) is 4.57. The Labute approximate surface area is 101 Å². The van der Waals surface area contributed by atoms with Crippen LogP contribution in [0.3, 0.4) is 0 Å². The summed E-state index contributed by atoms with van der Waals surface area (Å²) >= 11 is 0. The van der Waals surface area contributed by atoms with Gasteiger partial charge in [0.1, 0.15) is 5.69 Å². The quantitative estimate of drug-likeness (QED) is 0.870. The molecule has 0 aliphatic rings. The summed E-state index contributed by atoms with van der Waals surface area (Å²) in [5.41, 5.74) is 0.158. The molecule has 0 radical (unpaired) electrons. The van der Waals surface area contributed by atoms with E-state index < -0.39 is 12.5 Å². The summed E-state index contributed by atoms with van der Waals surface area (Å²) in [7, 11) is 0. The summed E-state index contributed by atoms with van der Waals surface area (Å²) in [6, 6.07) is 4.36. The predicted octanol–water partition coefficient (Wildman–Crippen LogP) is 3.88. The molecule has 2 nitrogen and oxygen atoms in total. The highest BCUT2D eigenvalue weighted by atomic mass is 19.3. The van der Waals surface area contributed by atoms with E-state index in [4.69, 9.17) is 0 Å². The third-order valence-electron chi connectivity index (χ3n) is 2.52. The van der Waals surface area contributed by atoms with Gasteiger partial charge in [-0.05, 0) is 30.4 Å². The monoisotopic (exact) mass is 243 g/mol. The van der Waals surface area contributed by atoms with Gasteiger partial charge in [-0.3, -0.25) is 0 Å². The van der Waals surface area contributed by atoms with Crippen molar-refractivity contribution < 1.29 is 13.9 Å². The van der Waals surface area contributed by atoms with E-state index in [1.54, 1.807) is 6.07 Å². The first-order chi connectivity index (χ1) is 7.79. The van der Waals surface area contributed by atoms with Crippen molar-refractivity contribution in [2.24, 2.45) is 5.41 Å². The Morgan fingerprint density at radius 1 is 1.24 bits per heavy atom. The number of pyridine rings is 1. The maximum absolute atomic E-state index is 12.4. The molecule has 4 heteroatoms. The molecule has 0 unspecified atom stereocenters. The van der Waals surface area contributed by atoms with Gasteiger partial charge in [0.25, 0.3) is 6.43 Å². The van der Waals surface area contributed by atoms with Gasteiger partial charge in [0.2, 0.25) is 0 Å². The van der Waals surface area contributed by atoms with Crippen LogP contribution in [0.1, 0.15) is 57.5 Å². The van der Waals surface area contributed by atoms with Gasteiger partial charge in [-0.1, -0.05) is 26.8 Å². The molecule has 1 rings (SSSR count). The van der Waals surface area contributed by atoms with Crippen molar-refractivity contribution >= 4 is 0 Å². The lowest BCUT2D eigenvalue weighted by Gasteiger charge is -2.20. The first-order valence-corrected chi connectivity index (χ1v) is 5.73. The van der Waals surface area contributed by atoms with Gasteiger partial charge >= 0.3 is 0 Å². The molecular formula is C13H19F2NO. The van der Waals surface area contributed by atoms with E-state index in [-0.39, 0.29) is 11.1 Å². The number of aliphatic hydroxyl groups is 1. The van der Waals surface area contributed by atoms with Crippen molar-refractivity contribution in [3.8, 4) is 0 Å². The smallest absolute Gasteiger partial charge is 0.280 e. The Balaban J connectivity index is 2.69. The Morgan fingerprint density at radius 3 is 2.35 bits per heavy atom. The van der Waals surface area contributed by atoms with Gasteiger partial charge in [-0.2, -0.15) is 0 Å². The number of aromatic nitrogens is 1. The van der Waals surface area contributed by atoms with Crippen LogP contribution in [0.2, 0.25) is 0 Å². The molecule has 0 aliphatic carbocycles. The molecular weight excluding hydrogens is 224 g/mol. The minimum Gasteiger partial charge on any atom is -0.387 e. The van der Waals surface area contributed by atoms with Crippen molar-refractivity contribution in [3.63, 3.8) is 0 Å². The van der Waals surface area contributed by atoms with Crippen molar-refractivity contribution in [1.29, 1.82) is 0 Å². The van der Waals surface area contributed by atoms with E-state index in [0.717, 1.165) is 6.42 Å². The van der Waals surface area contributed by atoms with Crippen LogP contribution in [0.4, 0.5) is 8.78 Å². The molecule has 1 aromatic rings. The van der Waals surface area contributed by atoms with Gasteiger partial charge < -0.3 is 5.11 Å². The predicted molar refractivity (Wildman–Crippen MR) is 62.8 cm³/mol. The molecule has 1 N–H and O–H groups in total. The standard InChI is InChI=1S/C13H19F2NO/c1-13(2,3)8-7-11(17)9-5-4-6-10(16-9)12(14)15/h4-6,11-12,17H,7-8H2,1-3H3/t11-/m0/s1. The third kappa shape index (κ3) is 4.77. The number of nitrogens with zero attached hydrogens (tertiary/aromatic N) is 1. The molecule has 1 atom stereocenters. The van der Waals surface area contributed by atoms with Crippen LogP contribution in [-0.4, -0.2) is 10.1 Å². The van der Waals surface area contributed by atoms with Crippen LogP contribution in [0, 0.1) is 5.41 Å². The molecule has 1 heterocycles. The van der Waals surface area contributed by atoms with Gasteiger partial charge in [0.05, 0.1) is 11.8 Å². The molecule has 96 valence electrons. The van der Waals surface area contributed by atoms with E-state index in [1.165, 1.54) is 12.1 Å². The first kappa shape index (κ1) is 14.0. The zero-order valence-corrected chi connectivity index (χ0v) is 10.5. The fourth-order valence-corrected chi connectivity index (χ4v) is 1.49. The molecule has 0 saturated heterocycles. The number of hydrogen-bond donors (Lipinski definition) is 1. The molecule has 0 aliphatic heterocycles. The van der Waals surface area contributed by atoms with Gasteiger partial charge in [-0.25, -0.2) is 13.8 Å². The fraction of sp³-hybridized carbons (Fsp3) is 0.615. The number of hydrogen-bond acceptors (Lipinski definition) is 2. The second-order valence-electron chi connectivity index (χ2n) is 5.40. The highest BCUT2D eigenvalue weighted by Gasteiger charge is 2.17. The highest BCUT2D eigenvalue weighted by Crippen LogP contribution is 2.27. The lowest BCUT2D eigenvalue weighted by atomic mass is 9.89. The molecule has 0 amide bonds. The minimum atomic E-state index is -2.59. The summed E-state index contributed by atoms with van der Waals surface area (Å²) in [5.74, 6) is 0. The van der Waals surface area contributed by atoms with Gasteiger partial charge in [-0.15, -0.1) is 0 Å². The summed E-state index contributed by atoms with van der Waals surface area (Å²) in [5, 5.41) is 9.88. The third-order valence-corrected chi connectivity index (χ3v) is 2.52. The molecule has 0 saturated carbocycles. The zero-order chi connectivity index (χ0) is 13.1. The molecule has 0 aromatic carbocycles. The van der Waals surface area contributed by atoms with Crippen LogP contribution in [0.15, 0.2) is 18.2 Å². The molecule has 17 heavy (non-hydrogen) atoms. The van der Waals surface area contributed by atoms with E-state index in [1.807, 2.05) is 0 Å². The van der Waals surface area contributed by atoms with Crippen LogP contribution in [0.25, 0.3) is 0 Å². The largest absolute Gasteiger partial charge is 0.387 e. The Hall–Kier alpha value is -1.03. The van der Waals surface area contributed by atoms with Gasteiger partial charge in [0.15, 0.2) is 0 Å². The second-order valence-corrected chi connectivity index (χ2v) is 5.40. The first-order valence-electron chi connectivity index (χ1n) is 5.73. The van der Waals surface area contributed by atoms with Crippen LogP contribution < -0.4 is 0 Å². The van der Waals surface area contributed by atoms with Crippen molar-refractivity contribution in [3.05, 3.63) is 29.6 Å². The van der Waals surface area contributed by atoms with Crippen LogP contribution in [-0.2, 0) is 0 Å². The maximum Gasteiger partial charge on any atom is 0.280 e. The topological polar surface area (TPSA) is 33.1 Å². The number of aliphatic hydroxyl groups excluding tert-OH is 1. The lowest BCUT2D eigenvalue weighted by molar-refractivity contribution is 0.133. The molecule has 0 spiro atoms. The SMILES string of the molecule is CC(C)(C)CC[C@H](O)c1cccc(C(F)F)n1. The average molecular weight is 243 g/mol. The second kappa shape index (κ2) is 5.54. The van der Waals surface area contributed by atoms with Crippen molar-refractivity contribution in [2.45, 2.75) is 46.1 Å². The van der Waals surface area contributed by atoms with E-state index in [0.29, 0.717) is 12.1 Å². The Morgan fingerprint density at radius 2 is 1.82 bits per heavy atom. The van der Waals surface area contributed by atoms with Crippen LogP contribution in [0.5, 0.6) is 0 Å². The van der Waals surface area contributed by atoms with E-state index in [9.17, 15) is 13.9 Å². The number of rotatable bonds is 4. The zero-order valence-electron chi connectivity index (χ0n) is 10.5. The molecule has 0 bridgehead atoms. The number of alkyl halides is 2. The summed E-state index contributed by atoms with van der Waals surface area (Å²) in [6.07, 6.45) is -2.02. The molecule has 1 aromatic heterocycles. The average Bonchev–Trinajstić information content (AvgIpc) is 2.25. The fourth-order valence-electron chi connectivity index (χ4n) is 1.49. The Bertz CT molecular complexity index is 361. The van der Waals surface area contributed by atoms with Crippen molar-refractivity contribution in [2.75, 3.05) is 0 Å². The summed E-state index contributed by atoms with van der Waals surface area (Å²) in [6.45, 7) is 6.22. The summed E-state index contributed by atoms with van der Waals surface area (Å²) in [4.78, 5) is 3.77. The van der Waals surface area contributed by atoms with E-state index in [2.05, 4.69) is 25.8 Å². The van der Waals surface area contributed by atoms with E-state index >= 15 is 0 Å². The van der Waals surface area contributed by atoms with Crippen molar-refractivity contribution in [1.82, 2.24) is 4.98 Å².